The minimum atomic E-state index is -4.17. The molecule has 0 aliphatic rings. The highest BCUT2D eigenvalue weighted by atomic mass is 35.5. The Balaban J connectivity index is 1.88. The summed E-state index contributed by atoms with van der Waals surface area (Å²) in [6, 6.07) is 9.93. The van der Waals surface area contributed by atoms with E-state index in [9.17, 15) is 13.2 Å². The first kappa shape index (κ1) is 19.8. The number of amides is 1. The summed E-state index contributed by atoms with van der Waals surface area (Å²) in [4.78, 5) is 12.3. The van der Waals surface area contributed by atoms with Gasteiger partial charge in [0.15, 0.2) is 5.69 Å². The number of methoxy groups -OCH3 is 1. The van der Waals surface area contributed by atoms with Crippen LogP contribution in [0.25, 0.3) is 5.69 Å². The zero-order chi connectivity index (χ0) is 20.5. The van der Waals surface area contributed by atoms with Gasteiger partial charge in [-0.05, 0) is 49.2 Å². The monoisotopic (exact) mass is 420 g/mol. The van der Waals surface area contributed by atoms with Crippen LogP contribution in [0.5, 0.6) is 5.75 Å². The summed E-state index contributed by atoms with van der Waals surface area (Å²) >= 11 is 6.19. The number of benzene rings is 2. The zero-order valence-electron chi connectivity index (χ0n) is 15.3. The van der Waals surface area contributed by atoms with E-state index in [2.05, 4.69) is 10.3 Å². The van der Waals surface area contributed by atoms with Crippen LogP contribution in [0.2, 0.25) is 5.02 Å². The minimum absolute atomic E-state index is 0.126. The van der Waals surface area contributed by atoms with Gasteiger partial charge in [-0.3, -0.25) is 4.79 Å². The number of nitrogens with zero attached hydrogens (tertiary/aromatic N) is 3. The molecule has 0 spiro atoms. The van der Waals surface area contributed by atoms with Gasteiger partial charge in [0.1, 0.15) is 10.6 Å². The third-order valence-corrected chi connectivity index (χ3v) is 5.57. The molecule has 10 heteroatoms. The predicted molar refractivity (Wildman–Crippen MR) is 103 cm³/mol. The molecule has 3 rings (SSSR count). The number of hydrogen-bond acceptors (Lipinski definition) is 6. The van der Waals surface area contributed by atoms with Crippen molar-refractivity contribution >= 4 is 27.5 Å². The fourth-order valence-electron chi connectivity index (χ4n) is 2.51. The lowest BCUT2D eigenvalue weighted by atomic mass is 10.2. The maximum absolute atomic E-state index is 12.6. The summed E-state index contributed by atoms with van der Waals surface area (Å²) in [7, 11) is -2.82. The van der Waals surface area contributed by atoms with Crippen LogP contribution in [-0.4, -0.2) is 36.4 Å². The Hall–Kier alpha value is -2.91. The highest BCUT2D eigenvalue weighted by molar-refractivity contribution is 7.90. The molecule has 8 nitrogen and oxygen atoms in total. The van der Waals surface area contributed by atoms with E-state index in [-0.39, 0.29) is 16.3 Å². The van der Waals surface area contributed by atoms with Crippen molar-refractivity contribution in [1.29, 1.82) is 0 Å². The van der Waals surface area contributed by atoms with E-state index in [0.29, 0.717) is 16.3 Å². The molecule has 1 N–H and O–H groups in total. The van der Waals surface area contributed by atoms with Crippen molar-refractivity contribution in [2.45, 2.75) is 18.7 Å². The van der Waals surface area contributed by atoms with Crippen molar-refractivity contribution in [3.05, 3.63) is 64.4 Å². The summed E-state index contributed by atoms with van der Waals surface area (Å²) in [6.45, 7) is 3.62. The van der Waals surface area contributed by atoms with Crippen LogP contribution in [0.3, 0.4) is 0 Å². The average Bonchev–Trinajstić information content (AvgIpc) is 3.11. The number of aromatic nitrogens is 3. The third kappa shape index (κ3) is 4.00. The molecule has 0 bridgehead atoms. The summed E-state index contributed by atoms with van der Waals surface area (Å²) in [5, 5.41) is 8.02. The molecule has 0 atom stereocenters. The maximum atomic E-state index is 12.6. The third-order valence-electron chi connectivity index (χ3n) is 3.91. The summed E-state index contributed by atoms with van der Waals surface area (Å²) < 4.78 is 33.6. The molecular formula is C18H17ClN4O4S. The molecular weight excluding hydrogens is 404 g/mol. The van der Waals surface area contributed by atoms with Crippen molar-refractivity contribution in [2.75, 3.05) is 7.11 Å². The van der Waals surface area contributed by atoms with E-state index >= 15 is 0 Å². The Kier molecular flexibility index (Phi) is 5.39. The van der Waals surface area contributed by atoms with Crippen LogP contribution in [0.1, 0.15) is 21.6 Å². The first-order chi connectivity index (χ1) is 13.2. The number of ether oxygens (including phenoxy) is 1. The molecule has 2 aromatic carbocycles. The molecule has 1 aromatic heterocycles. The number of carbonyl (C=O) groups excluding carboxylic acids is 1. The highest BCUT2D eigenvalue weighted by Gasteiger charge is 2.24. The quantitative estimate of drug-likeness (QED) is 0.680. The van der Waals surface area contributed by atoms with Gasteiger partial charge in [0.25, 0.3) is 15.9 Å². The van der Waals surface area contributed by atoms with Gasteiger partial charge in [-0.15, -0.1) is 5.10 Å². The Morgan fingerprint density at radius 2 is 1.82 bits per heavy atom. The topological polar surface area (TPSA) is 103 Å². The Morgan fingerprint density at radius 1 is 1.14 bits per heavy atom. The molecule has 0 unspecified atom stereocenters. The second-order valence-electron chi connectivity index (χ2n) is 6.09. The molecule has 28 heavy (non-hydrogen) atoms. The SMILES string of the molecule is COc1ccc(C)cc1S(=O)(=O)NC(=O)c1cn(-c2ccc(C)cc2Cl)nn1. The van der Waals surface area contributed by atoms with Gasteiger partial charge in [-0.25, -0.2) is 17.8 Å². The van der Waals surface area contributed by atoms with Crippen LogP contribution in [0, 0.1) is 13.8 Å². The van der Waals surface area contributed by atoms with E-state index in [1.807, 2.05) is 17.7 Å². The summed E-state index contributed by atoms with van der Waals surface area (Å²) in [6.07, 6.45) is 1.30. The van der Waals surface area contributed by atoms with Crippen LogP contribution < -0.4 is 9.46 Å². The largest absolute Gasteiger partial charge is 0.495 e. The van der Waals surface area contributed by atoms with Crippen LogP contribution in [0.15, 0.2) is 47.5 Å². The van der Waals surface area contributed by atoms with Crippen LogP contribution in [-0.2, 0) is 10.0 Å². The molecule has 1 amide bonds. The van der Waals surface area contributed by atoms with Crippen molar-refractivity contribution in [3.63, 3.8) is 0 Å². The Labute approximate surface area is 167 Å². The van der Waals surface area contributed by atoms with Crippen molar-refractivity contribution in [2.24, 2.45) is 0 Å². The van der Waals surface area contributed by atoms with Crippen molar-refractivity contribution < 1.29 is 17.9 Å². The number of sulfonamides is 1. The van der Waals surface area contributed by atoms with Gasteiger partial charge in [-0.1, -0.05) is 28.9 Å². The first-order valence-electron chi connectivity index (χ1n) is 8.12. The second kappa shape index (κ2) is 7.61. The van der Waals surface area contributed by atoms with E-state index in [1.54, 1.807) is 25.1 Å². The normalized spacial score (nSPS) is 11.3. The lowest BCUT2D eigenvalue weighted by Crippen LogP contribution is -2.31. The van der Waals surface area contributed by atoms with Crippen LogP contribution in [0.4, 0.5) is 0 Å². The van der Waals surface area contributed by atoms with Gasteiger partial charge in [0.05, 0.1) is 24.0 Å². The lowest BCUT2D eigenvalue weighted by molar-refractivity contribution is 0.0976. The second-order valence-corrected chi connectivity index (χ2v) is 8.15. The molecule has 3 aromatic rings. The minimum Gasteiger partial charge on any atom is -0.495 e. The Morgan fingerprint density at radius 3 is 2.50 bits per heavy atom. The number of carbonyl (C=O) groups is 1. The number of hydrogen-bond donors (Lipinski definition) is 1. The highest BCUT2D eigenvalue weighted by Crippen LogP contribution is 2.25. The lowest BCUT2D eigenvalue weighted by Gasteiger charge is -2.10. The standard InChI is InChI=1S/C18H17ClN4O4S/c1-11-4-6-15(13(19)8-11)23-10-14(20-22-23)18(24)21-28(25,26)17-9-12(2)5-7-16(17)27-3/h4-10H,1-3H3,(H,21,24). The molecule has 1 heterocycles. The molecule has 0 aliphatic carbocycles. The molecule has 0 saturated heterocycles. The van der Waals surface area contributed by atoms with Gasteiger partial charge in [0, 0.05) is 0 Å². The number of halogens is 1. The van der Waals surface area contributed by atoms with E-state index < -0.39 is 15.9 Å². The van der Waals surface area contributed by atoms with Crippen molar-refractivity contribution in [3.8, 4) is 11.4 Å². The molecule has 0 radical (unpaired) electrons. The number of rotatable bonds is 5. The van der Waals surface area contributed by atoms with Gasteiger partial charge in [0.2, 0.25) is 0 Å². The van der Waals surface area contributed by atoms with Crippen molar-refractivity contribution in [1.82, 2.24) is 19.7 Å². The van der Waals surface area contributed by atoms with E-state index in [0.717, 1.165) is 5.56 Å². The molecule has 0 fully saturated rings. The average molecular weight is 421 g/mol. The number of aryl methyl sites for hydroxylation is 2. The maximum Gasteiger partial charge on any atom is 0.287 e. The Bertz CT molecular complexity index is 1160. The summed E-state index contributed by atoms with van der Waals surface area (Å²) in [5.41, 5.74) is 2.01. The fraction of sp³-hybridized carbons (Fsp3) is 0.167. The molecule has 0 saturated carbocycles. The van der Waals surface area contributed by atoms with E-state index in [1.165, 1.54) is 30.1 Å². The molecule has 146 valence electrons. The number of nitrogens with one attached hydrogen (secondary N) is 1. The predicted octanol–water partition coefficient (Wildman–Crippen LogP) is 2.66. The molecule has 0 aliphatic heterocycles. The van der Waals surface area contributed by atoms with Gasteiger partial charge in [-0.2, -0.15) is 0 Å². The summed E-state index contributed by atoms with van der Waals surface area (Å²) in [5.74, 6) is -0.793. The van der Waals surface area contributed by atoms with Gasteiger partial charge < -0.3 is 4.74 Å². The first-order valence-corrected chi connectivity index (χ1v) is 9.98. The van der Waals surface area contributed by atoms with Crippen LogP contribution >= 0.6 is 11.6 Å². The fourth-order valence-corrected chi connectivity index (χ4v) is 4.04. The zero-order valence-corrected chi connectivity index (χ0v) is 16.9. The smallest absolute Gasteiger partial charge is 0.287 e. The van der Waals surface area contributed by atoms with E-state index in [4.69, 9.17) is 16.3 Å². The van der Waals surface area contributed by atoms with Gasteiger partial charge >= 0.3 is 0 Å².